The number of carbonyl (C=O) groups is 2. The molecule has 9 nitrogen and oxygen atoms in total. The van der Waals surface area contributed by atoms with E-state index < -0.39 is 16.8 Å². The minimum atomic E-state index is -0.597. The number of halogens is 1. The molecule has 0 atom stereocenters. The molecule has 3 rings (SSSR count). The van der Waals surface area contributed by atoms with Crippen LogP contribution in [0, 0.1) is 10.1 Å². The molecule has 0 aliphatic rings. The Bertz CT molecular complexity index is 1050. The minimum Gasteiger partial charge on any atom is -0.460 e. The second kappa shape index (κ2) is 9.70. The summed E-state index contributed by atoms with van der Waals surface area (Å²) in [6.45, 7) is -0.267. The first-order valence-corrected chi connectivity index (χ1v) is 9.40. The van der Waals surface area contributed by atoms with Gasteiger partial charge in [0.25, 0.3) is 11.6 Å². The first-order valence-electron chi connectivity index (χ1n) is 8.61. The smallest absolute Gasteiger partial charge is 0.325 e. The summed E-state index contributed by atoms with van der Waals surface area (Å²) in [6.07, 6.45) is 0. The predicted octanol–water partition coefficient (Wildman–Crippen LogP) is 4.22. The minimum absolute atomic E-state index is 0.0206. The number of esters is 1. The molecule has 10 heteroatoms. The van der Waals surface area contributed by atoms with E-state index in [9.17, 15) is 19.7 Å². The van der Waals surface area contributed by atoms with E-state index in [-0.39, 0.29) is 24.6 Å². The second-order valence-corrected chi connectivity index (χ2v) is 6.73. The van der Waals surface area contributed by atoms with Gasteiger partial charge in [0.05, 0.1) is 4.92 Å². The lowest BCUT2D eigenvalue weighted by Gasteiger charge is -2.08. The lowest BCUT2D eigenvalue weighted by molar-refractivity contribution is -0.384. The lowest BCUT2D eigenvalue weighted by atomic mass is 10.2. The molecule has 0 fully saturated rings. The molecule has 0 unspecified atom stereocenters. The van der Waals surface area contributed by atoms with Crippen LogP contribution >= 0.6 is 15.9 Å². The van der Waals surface area contributed by atoms with Crippen LogP contribution < -0.4 is 10.1 Å². The van der Waals surface area contributed by atoms with Crippen molar-refractivity contribution in [1.82, 2.24) is 5.32 Å². The second-order valence-electron chi connectivity index (χ2n) is 5.94. The van der Waals surface area contributed by atoms with Crippen LogP contribution in [0.3, 0.4) is 0 Å². The molecule has 0 aliphatic heterocycles. The van der Waals surface area contributed by atoms with Gasteiger partial charge in [-0.3, -0.25) is 19.7 Å². The summed E-state index contributed by atoms with van der Waals surface area (Å²) in [6, 6.07) is 15.6. The van der Waals surface area contributed by atoms with Gasteiger partial charge < -0.3 is 19.2 Å². The third kappa shape index (κ3) is 5.92. The van der Waals surface area contributed by atoms with E-state index in [0.29, 0.717) is 16.2 Å². The first kappa shape index (κ1) is 21.1. The number of ether oxygens (including phenoxy) is 2. The average molecular weight is 475 g/mol. The van der Waals surface area contributed by atoms with Crippen molar-refractivity contribution < 1.29 is 28.4 Å². The average Bonchev–Trinajstić information content (AvgIpc) is 3.18. The number of non-ortho nitro benzene ring substituents is 1. The highest BCUT2D eigenvalue weighted by molar-refractivity contribution is 9.10. The molecule has 1 aromatic heterocycles. The first-order chi connectivity index (χ1) is 14.4. The van der Waals surface area contributed by atoms with Crippen LogP contribution in [0.4, 0.5) is 5.69 Å². The maximum Gasteiger partial charge on any atom is 0.325 e. The molecule has 1 N–H and O–H groups in total. The fourth-order valence-electron chi connectivity index (χ4n) is 2.32. The van der Waals surface area contributed by atoms with Gasteiger partial charge in [-0.2, -0.15) is 0 Å². The Morgan fingerprint density at radius 3 is 2.20 bits per heavy atom. The van der Waals surface area contributed by atoms with E-state index in [1.165, 1.54) is 30.3 Å². The largest absolute Gasteiger partial charge is 0.460 e. The zero-order chi connectivity index (χ0) is 21.5. The molecule has 0 saturated heterocycles. The number of nitro benzene ring substituents is 1. The van der Waals surface area contributed by atoms with Crippen LogP contribution in [0.5, 0.6) is 11.5 Å². The summed E-state index contributed by atoms with van der Waals surface area (Å²) in [5, 5.41) is 13.1. The van der Waals surface area contributed by atoms with Gasteiger partial charge in [-0.15, -0.1) is 0 Å². The Kier molecular flexibility index (Phi) is 6.81. The van der Waals surface area contributed by atoms with E-state index >= 15 is 0 Å². The van der Waals surface area contributed by atoms with Crippen molar-refractivity contribution in [2.75, 3.05) is 6.54 Å². The number of nitrogens with one attached hydrogen (secondary N) is 1. The number of benzene rings is 2. The Labute approximate surface area is 178 Å². The van der Waals surface area contributed by atoms with Crippen molar-refractivity contribution in [2.45, 2.75) is 6.61 Å². The van der Waals surface area contributed by atoms with Crippen molar-refractivity contribution in [3.8, 4) is 11.5 Å². The summed E-state index contributed by atoms with van der Waals surface area (Å²) in [5.74, 6) is -0.0567. The Hall–Kier alpha value is -3.66. The van der Waals surface area contributed by atoms with E-state index in [2.05, 4.69) is 21.2 Å². The van der Waals surface area contributed by atoms with Crippen LogP contribution in [-0.2, 0) is 16.1 Å². The SMILES string of the molecule is O=C(CNC(=O)c1ccc(Br)o1)OCc1ccc(Oc2ccc([N+](=O)[O-])cc2)cc1. The topological polar surface area (TPSA) is 121 Å². The number of hydrogen-bond donors (Lipinski definition) is 1. The number of amides is 1. The number of carbonyl (C=O) groups excluding carboxylic acids is 2. The fraction of sp³-hybridized carbons (Fsp3) is 0.100. The van der Waals surface area contributed by atoms with Gasteiger partial charge in [-0.05, 0) is 57.9 Å². The van der Waals surface area contributed by atoms with Crippen LogP contribution in [-0.4, -0.2) is 23.3 Å². The van der Waals surface area contributed by atoms with Crippen molar-refractivity contribution in [1.29, 1.82) is 0 Å². The zero-order valence-corrected chi connectivity index (χ0v) is 17.0. The van der Waals surface area contributed by atoms with Crippen LogP contribution in [0.25, 0.3) is 0 Å². The number of furan rings is 1. The van der Waals surface area contributed by atoms with Crippen molar-refractivity contribution in [3.05, 3.63) is 86.8 Å². The normalized spacial score (nSPS) is 10.3. The third-order valence-corrected chi connectivity index (χ3v) is 4.22. The Morgan fingerprint density at radius 1 is 1.00 bits per heavy atom. The van der Waals surface area contributed by atoms with E-state index in [1.807, 2.05) is 0 Å². The number of rotatable bonds is 8. The molecule has 0 bridgehead atoms. The zero-order valence-electron chi connectivity index (χ0n) is 15.4. The van der Waals surface area contributed by atoms with Crippen LogP contribution in [0.2, 0.25) is 0 Å². The lowest BCUT2D eigenvalue weighted by Crippen LogP contribution is -2.30. The maximum atomic E-state index is 11.8. The monoisotopic (exact) mass is 474 g/mol. The molecule has 154 valence electrons. The molecule has 2 aromatic carbocycles. The standard InChI is InChI=1S/C20H15BrN2O7/c21-18-10-9-17(30-18)20(25)22-11-19(24)28-12-13-1-5-15(6-2-13)29-16-7-3-14(4-8-16)23(26)27/h1-10H,11-12H2,(H,22,25). The highest BCUT2D eigenvalue weighted by Gasteiger charge is 2.12. The summed E-state index contributed by atoms with van der Waals surface area (Å²) >= 11 is 3.09. The van der Waals surface area contributed by atoms with Crippen LogP contribution in [0.15, 0.2) is 69.8 Å². The molecular formula is C20H15BrN2O7. The number of nitrogens with zero attached hydrogens (tertiary/aromatic N) is 1. The van der Waals surface area contributed by atoms with Crippen molar-refractivity contribution in [2.24, 2.45) is 0 Å². The molecule has 0 saturated carbocycles. The molecule has 0 spiro atoms. The molecule has 0 aliphatic carbocycles. The predicted molar refractivity (Wildman–Crippen MR) is 108 cm³/mol. The summed E-state index contributed by atoms with van der Waals surface area (Å²) in [4.78, 5) is 33.8. The molecule has 0 radical (unpaired) electrons. The Morgan fingerprint density at radius 2 is 1.63 bits per heavy atom. The molecule has 30 heavy (non-hydrogen) atoms. The van der Waals surface area contributed by atoms with Gasteiger partial charge >= 0.3 is 5.97 Å². The summed E-state index contributed by atoms with van der Waals surface area (Å²) in [5.41, 5.74) is 0.702. The molecule has 3 aromatic rings. The van der Waals surface area contributed by atoms with Gasteiger partial charge in [0.1, 0.15) is 24.7 Å². The molecular weight excluding hydrogens is 460 g/mol. The number of hydrogen-bond acceptors (Lipinski definition) is 7. The quantitative estimate of drug-likeness (QED) is 0.294. The van der Waals surface area contributed by atoms with Gasteiger partial charge in [-0.25, -0.2) is 0 Å². The van der Waals surface area contributed by atoms with E-state index in [0.717, 1.165) is 5.56 Å². The van der Waals surface area contributed by atoms with Crippen molar-refractivity contribution in [3.63, 3.8) is 0 Å². The van der Waals surface area contributed by atoms with Gasteiger partial charge in [0, 0.05) is 12.1 Å². The highest BCUT2D eigenvalue weighted by atomic mass is 79.9. The highest BCUT2D eigenvalue weighted by Crippen LogP contribution is 2.24. The van der Waals surface area contributed by atoms with Crippen LogP contribution in [0.1, 0.15) is 16.1 Å². The summed E-state index contributed by atoms with van der Waals surface area (Å²) < 4.78 is 16.2. The van der Waals surface area contributed by atoms with E-state index in [1.54, 1.807) is 30.3 Å². The summed E-state index contributed by atoms with van der Waals surface area (Å²) in [7, 11) is 0. The van der Waals surface area contributed by atoms with Gasteiger partial charge in [0.15, 0.2) is 10.4 Å². The number of nitro groups is 1. The molecule has 1 heterocycles. The van der Waals surface area contributed by atoms with E-state index in [4.69, 9.17) is 13.9 Å². The van der Waals surface area contributed by atoms with Gasteiger partial charge in [-0.1, -0.05) is 12.1 Å². The maximum absolute atomic E-state index is 11.8. The Balaban J connectivity index is 1.44. The van der Waals surface area contributed by atoms with Crippen molar-refractivity contribution >= 4 is 33.5 Å². The third-order valence-electron chi connectivity index (χ3n) is 3.80. The molecule has 1 amide bonds. The fourth-order valence-corrected chi connectivity index (χ4v) is 2.62. The van der Waals surface area contributed by atoms with Gasteiger partial charge in [0.2, 0.25) is 0 Å².